The van der Waals surface area contributed by atoms with Crippen molar-refractivity contribution < 1.29 is 9.26 Å². The summed E-state index contributed by atoms with van der Waals surface area (Å²) in [7, 11) is 0. The minimum atomic E-state index is -0.244. The van der Waals surface area contributed by atoms with Gasteiger partial charge in [-0.2, -0.15) is 0 Å². The van der Waals surface area contributed by atoms with Crippen LogP contribution in [0.1, 0.15) is 22.6 Å². The molecule has 0 aliphatic heterocycles. The van der Waals surface area contributed by atoms with Crippen molar-refractivity contribution in [2.24, 2.45) is 0 Å². The fourth-order valence-corrected chi connectivity index (χ4v) is 2.11. The zero-order chi connectivity index (χ0) is 15.0. The molecule has 3 rings (SSSR count). The van der Waals surface area contributed by atoms with Crippen LogP contribution in [0.25, 0.3) is 5.65 Å². The second-order valence-electron chi connectivity index (χ2n) is 5.12. The van der Waals surface area contributed by atoms with Crippen LogP contribution >= 0.6 is 0 Å². The average Bonchev–Trinajstić information content (AvgIpc) is 2.81. The van der Waals surface area contributed by atoms with E-state index in [4.69, 9.17) is 9.26 Å². The summed E-state index contributed by atoms with van der Waals surface area (Å²) >= 11 is 0. The number of benzene rings is 1. The van der Waals surface area contributed by atoms with Crippen LogP contribution < -0.4 is 10.3 Å². The van der Waals surface area contributed by atoms with Crippen LogP contribution in [0.4, 0.5) is 0 Å². The lowest BCUT2D eigenvalue weighted by molar-refractivity contribution is 0.298. The van der Waals surface area contributed by atoms with E-state index < -0.39 is 0 Å². The summed E-state index contributed by atoms with van der Waals surface area (Å²) in [5, 5.41) is 0. The van der Waals surface area contributed by atoms with Crippen LogP contribution in [0.3, 0.4) is 0 Å². The predicted molar refractivity (Wildman–Crippen MR) is 78.7 cm³/mol. The zero-order valence-corrected chi connectivity index (χ0v) is 12.2. The van der Waals surface area contributed by atoms with Gasteiger partial charge in [-0.05, 0) is 44.0 Å². The molecule has 0 saturated carbocycles. The summed E-state index contributed by atoms with van der Waals surface area (Å²) in [4.78, 5) is 16.3. The fourth-order valence-electron chi connectivity index (χ4n) is 2.11. The monoisotopic (exact) mass is 284 g/mol. The van der Waals surface area contributed by atoms with Crippen molar-refractivity contribution in [2.75, 3.05) is 0 Å². The van der Waals surface area contributed by atoms with Gasteiger partial charge in [0, 0.05) is 12.1 Å². The molecule has 3 aromatic rings. The van der Waals surface area contributed by atoms with Crippen molar-refractivity contribution in [2.45, 2.75) is 27.4 Å². The molecule has 0 aliphatic carbocycles. The summed E-state index contributed by atoms with van der Waals surface area (Å²) in [6.45, 7) is 6.11. The SMILES string of the molecule is Cc1cc2nc(COc3ccc(C)c(C)c3)cc(=O)n2o1. The van der Waals surface area contributed by atoms with Crippen LogP contribution in [-0.4, -0.2) is 9.56 Å². The third kappa shape index (κ3) is 2.67. The van der Waals surface area contributed by atoms with Crippen LogP contribution in [-0.2, 0) is 6.61 Å². The van der Waals surface area contributed by atoms with E-state index in [1.165, 1.54) is 21.8 Å². The molecule has 0 bridgehead atoms. The lowest BCUT2D eigenvalue weighted by atomic mass is 10.1. The van der Waals surface area contributed by atoms with Crippen molar-refractivity contribution in [3.05, 3.63) is 63.3 Å². The molecule has 0 unspecified atom stereocenters. The number of rotatable bonds is 3. The van der Waals surface area contributed by atoms with Gasteiger partial charge < -0.3 is 9.26 Å². The molecule has 0 radical (unpaired) electrons. The number of fused-ring (bicyclic) bond motifs is 1. The van der Waals surface area contributed by atoms with E-state index in [1.807, 2.05) is 25.1 Å². The van der Waals surface area contributed by atoms with Gasteiger partial charge in [0.25, 0.3) is 5.56 Å². The maximum Gasteiger partial charge on any atom is 0.287 e. The molecule has 0 saturated heterocycles. The highest BCUT2D eigenvalue weighted by atomic mass is 16.5. The minimum Gasteiger partial charge on any atom is -0.487 e. The molecule has 0 atom stereocenters. The highest BCUT2D eigenvalue weighted by molar-refractivity contribution is 5.38. The molecule has 1 aromatic carbocycles. The number of hydrogen-bond acceptors (Lipinski definition) is 4. The summed E-state index contributed by atoms with van der Waals surface area (Å²) in [5.41, 5.74) is 3.22. The normalized spacial score (nSPS) is 11.0. The third-order valence-corrected chi connectivity index (χ3v) is 3.39. The Kier molecular flexibility index (Phi) is 3.25. The number of ether oxygens (including phenoxy) is 1. The molecular weight excluding hydrogens is 268 g/mol. The van der Waals surface area contributed by atoms with E-state index in [-0.39, 0.29) is 12.2 Å². The lowest BCUT2D eigenvalue weighted by Crippen LogP contribution is -2.14. The van der Waals surface area contributed by atoms with Gasteiger partial charge in [0.15, 0.2) is 5.65 Å². The average molecular weight is 284 g/mol. The van der Waals surface area contributed by atoms with Gasteiger partial charge in [-0.1, -0.05) is 6.07 Å². The van der Waals surface area contributed by atoms with Crippen molar-refractivity contribution in [3.8, 4) is 5.75 Å². The molecule has 5 nitrogen and oxygen atoms in total. The van der Waals surface area contributed by atoms with E-state index >= 15 is 0 Å². The van der Waals surface area contributed by atoms with Gasteiger partial charge in [-0.15, -0.1) is 4.57 Å². The molecular formula is C16H16N2O3. The number of aromatic nitrogens is 2. The summed E-state index contributed by atoms with van der Waals surface area (Å²) in [6.07, 6.45) is 0. The number of aryl methyl sites for hydroxylation is 3. The Morgan fingerprint density at radius 1 is 1.14 bits per heavy atom. The molecule has 2 aromatic heterocycles. The lowest BCUT2D eigenvalue weighted by Gasteiger charge is -2.07. The van der Waals surface area contributed by atoms with Crippen molar-refractivity contribution in [1.29, 1.82) is 0 Å². The van der Waals surface area contributed by atoms with Gasteiger partial charge in [-0.25, -0.2) is 4.98 Å². The Bertz CT molecular complexity index is 862. The fraction of sp³-hybridized carbons (Fsp3) is 0.250. The van der Waals surface area contributed by atoms with Crippen LogP contribution in [0.5, 0.6) is 5.75 Å². The summed E-state index contributed by atoms with van der Waals surface area (Å²) in [6, 6.07) is 9.05. The molecule has 108 valence electrons. The van der Waals surface area contributed by atoms with Crippen molar-refractivity contribution in [3.63, 3.8) is 0 Å². The van der Waals surface area contributed by atoms with Gasteiger partial charge in [0.05, 0.1) is 5.69 Å². The molecule has 0 aliphatic rings. The Balaban J connectivity index is 1.84. The molecule has 0 spiro atoms. The third-order valence-electron chi connectivity index (χ3n) is 3.39. The Hall–Kier alpha value is -2.56. The van der Waals surface area contributed by atoms with E-state index in [9.17, 15) is 4.79 Å². The minimum absolute atomic E-state index is 0.244. The second-order valence-corrected chi connectivity index (χ2v) is 5.12. The first kappa shape index (κ1) is 13.4. The smallest absolute Gasteiger partial charge is 0.287 e. The second kappa shape index (κ2) is 5.09. The number of nitrogens with zero attached hydrogens (tertiary/aromatic N) is 2. The molecule has 2 heterocycles. The Morgan fingerprint density at radius 2 is 1.95 bits per heavy atom. The van der Waals surface area contributed by atoms with E-state index in [0.29, 0.717) is 17.1 Å². The maximum atomic E-state index is 11.9. The summed E-state index contributed by atoms with van der Waals surface area (Å²) < 4.78 is 12.1. The van der Waals surface area contributed by atoms with E-state index in [2.05, 4.69) is 11.9 Å². The van der Waals surface area contributed by atoms with Crippen LogP contribution in [0.2, 0.25) is 0 Å². The van der Waals surface area contributed by atoms with Gasteiger partial charge >= 0.3 is 0 Å². The topological polar surface area (TPSA) is 56.7 Å². The molecule has 0 N–H and O–H groups in total. The number of hydrogen-bond donors (Lipinski definition) is 0. The van der Waals surface area contributed by atoms with Gasteiger partial charge in [0.1, 0.15) is 18.1 Å². The molecule has 0 fully saturated rings. The van der Waals surface area contributed by atoms with Crippen molar-refractivity contribution >= 4 is 5.65 Å². The van der Waals surface area contributed by atoms with Gasteiger partial charge in [-0.3, -0.25) is 4.79 Å². The first-order valence-electron chi connectivity index (χ1n) is 6.72. The quantitative estimate of drug-likeness (QED) is 0.742. The van der Waals surface area contributed by atoms with Crippen LogP contribution in [0.15, 0.2) is 39.6 Å². The highest BCUT2D eigenvalue weighted by Crippen LogP contribution is 2.17. The maximum absolute atomic E-state index is 11.9. The first-order chi connectivity index (χ1) is 10.0. The van der Waals surface area contributed by atoms with Crippen molar-refractivity contribution in [1.82, 2.24) is 9.56 Å². The zero-order valence-electron chi connectivity index (χ0n) is 12.2. The highest BCUT2D eigenvalue weighted by Gasteiger charge is 2.07. The molecule has 0 amide bonds. The summed E-state index contributed by atoms with van der Waals surface area (Å²) in [5.74, 6) is 1.41. The van der Waals surface area contributed by atoms with Crippen LogP contribution in [0, 0.1) is 20.8 Å². The molecule has 21 heavy (non-hydrogen) atoms. The first-order valence-corrected chi connectivity index (χ1v) is 6.72. The molecule has 5 heteroatoms. The van der Waals surface area contributed by atoms with E-state index in [1.54, 1.807) is 13.0 Å². The largest absolute Gasteiger partial charge is 0.487 e. The Labute approximate surface area is 121 Å². The van der Waals surface area contributed by atoms with E-state index in [0.717, 1.165) is 5.75 Å². The Morgan fingerprint density at radius 3 is 2.71 bits per heavy atom. The van der Waals surface area contributed by atoms with Gasteiger partial charge in [0.2, 0.25) is 0 Å². The predicted octanol–water partition coefficient (Wildman–Crippen LogP) is 2.79. The standard InChI is InChI=1S/C16H16N2O3/c1-10-4-5-14(6-11(10)2)20-9-13-8-16(19)18-15(17-13)7-12(3)21-18/h4-8H,9H2,1-3H3.